The van der Waals surface area contributed by atoms with Gasteiger partial charge in [0.15, 0.2) is 0 Å². The molecule has 6 nitrogen and oxygen atoms in total. The first-order valence-corrected chi connectivity index (χ1v) is 11.5. The molecule has 166 valence electrons. The van der Waals surface area contributed by atoms with E-state index in [9.17, 15) is 14.4 Å². The Bertz CT molecular complexity index is 1050. The molecule has 2 atom stereocenters. The fraction of sp³-hybridized carbons (Fsp3) is 0.423. The minimum Gasteiger partial charge on any atom is -0.334 e. The van der Waals surface area contributed by atoms with Crippen LogP contribution >= 0.6 is 0 Å². The highest BCUT2D eigenvalue weighted by molar-refractivity contribution is 6.09. The van der Waals surface area contributed by atoms with Crippen molar-refractivity contribution >= 4 is 17.8 Å². The Morgan fingerprint density at radius 2 is 1.78 bits per heavy atom. The standard InChI is InChI=1S/C26H29N3O3/c1-18(20-11-12-20)28(16-19-7-3-2-4-8-19)23(30)17-29-24(31)26(27-25(29)32)14-13-21-9-5-6-10-22(21)15-26/h2-10,18,20H,11-17H2,1H3,(H,27,32). The van der Waals surface area contributed by atoms with Crippen molar-refractivity contribution in [1.29, 1.82) is 0 Å². The predicted molar refractivity (Wildman–Crippen MR) is 121 cm³/mol. The Kier molecular flexibility index (Phi) is 5.24. The van der Waals surface area contributed by atoms with Gasteiger partial charge in [0.25, 0.3) is 5.91 Å². The summed E-state index contributed by atoms with van der Waals surface area (Å²) in [4.78, 5) is 42.6. The molecule has 1 saturated carbocycles. The zero-order valence-electron chi connectivity index (χ0n) is 18.4. The van der Waals surface area contributed by atoms with Gasteiger partial charge in [-0.1, -0.05) is 54.6 Å². The third-order valence-electron chi connectivity index (χ3n) is 7.28. The van der Waals surface area contributed by atoms with Crippen molar-refractivity contribution in [2.24, 2.45) is 5.92 Å². The van der Waals surface area contributed by atoms with Gasteiger partial charge >= 0.3 is 6.03 Å². The Labute approximate surface area is 188 Å². The molecule has 32 heavy (non-hydrogen) atoms. The maximum Gasteiger partial charge on any atom is 0.325 e. The van der Waals surface area contributed by atoms with Gasteiger partial charge in [-0.3, -0.25) is 14.5 Å². The van der Waals surface area contributed by atoms with E-state index < -0.39 is 11.6 Å². The van der Waals surface area contributed by atoms with Crippen molar-refractivity contribution in [2.45, 2.75) is 57.2 Å². The van der Waals surface area contributed by atoms with Crippen LogP contribution in [0, 0.1) is 5.92 Å². The summed E-state index contributed by atoms with van der Waals surface area (Å²) in [7, 11) is 0. The average Bonchev–Trinajstić information content (AvgIpc) is 3.63. The van der Waals surface area contributed by atoms with Crippen LogP contribution in [0.5, 0.6) is 0 Å². The van der Waals surface area contributed by atoms with E-state index in [0.29, 0.717) is 25.3 Å². The largest absolute Gasteiger partial charge is 0.334 e. The highest BCUT2D eigenvalue weighted by Gasteiger charge is 2.53. The molecule has 0 bridgehead atoms. The van der Waals surface area contributed by atoms with Crippen molar-refractivity contribution in [1.82, 2.24) is 15.1 Å². The number of nitrogens with zero attached hydrogens (tertiary/aromatic N) is 2. The van der Waals surface area contributed by atoms with Gasteiger partial charge in [0.1, 0.15) is 12.1 Å². The number of amides is 4. The van der Waals surface area contributed by atoms with Crippen LogP contribution in [0.1, 0.15) is 42.9 Å². The second-order valence-electron chi connectivity index (χ2n) is 9.43. The first-order chi connectivity index (χ1) is 15.5. The van der Waals surface area contributed by atoms with Crippen LogP contribution in [0.4, 0.5) is 4.79 Å². The molecule has 2 aliphatic carbocycles. The number of nitrogens with one attached hydrogen (secondary N) is 1. The van der Waals surface area contributed by atoms with Gasteiger partial charge in [0.05, 0.1) is 0 Å². The Hall–Kier alpha value is -3.15. The van der Waals surface area contributed by atoms with Crippen LogP contribution in [0.25, 0.3) is 0 Å². The highest BCUT2D eigenvalue weighted by Crippen LogP contribution is 2.36. The number of hydrogen-bond donors (Lipinski definition) is 1. The molecule has 1 heterocycles. The van der Waals surface area contributed by atoms with Crippen molar-refractivity contribution in [3.05, 3.63) is 71.3 Å². The summed E-state index contributed by atoms with van der Waals surface area (Å²) in [5, 5.41) is 2.94. The van der Waals surface area contributed by atoms with E-state index in [0.717, 1.165) is 35.3 Å². The SMILES string of the molecule is CC(C1CC1)N(Cc1ccccc1)C(=O)CN1C(=O)NC2(CCc3ccccc3C2)C1=O. The van der Waals surface area contributed by atoms with E-state index in [1.54, 1.807) is 0 Å². The quantitative estimate of drug-likeness (QED) is 0.714. The number of benzene rings is 2. The summed E-state index contributed by atoms with van der Waals surface area (Å²) >= 11 is 0. The summed E-state index contributed by atoms with van der Waals surface area (Å²) in [6, 6.07) is 17.6. The molecule has 0 radical (unpaired) electrons. The number of urea groups is 1. The molecule has 2 aromatic rings. The van der Waals surface area contributed by atoms with Gasteiger partial charge < -0.3 is 10.2 Å². The van der Waals surface area contributed by atoms with Crippen LogP contribution in [0.15, 0.2) is 54.6 Å². The number of carbonyl (C=O) groups excluding carboxylic acids is 3. The molecule has 0 aromatic heterocycles. The monoisotopic (exact) mass is 431 g/mol. The maximum atomic E-state index is 13.4. The fourth-order valence-corrected chi connectivity index (χ4v) is 5.14. The Morgan fingerprint density at radius 3 is 2.50 bits per heavy atom. The van der Waals surface area contributed by atoms with Crippen LogP contribution < -0.4 is 5.32 Å². The second-order valence-corrected chi connectivity index (χ2v) is 9.43. The summed E-state index contributed by atoms with van der Waals surface area (Å²) in [5.41, 5.74) is 2.43. The molecule has 6 heteroatoms. The molecule has 1 spiro atoms. The summed E-state index contributed by atoms with van der Waals surface area (Å²) in [5.74, 6) is 0.0426. The van der Waals surface area contributed by atoms with E-state index in [1.807, 2.05) is 53.4 Å². The lowest BCUT2D eigenvalue weighted by atomic mass is 9.78. The van der Waals surface area contributed by atoms with Gasteiger partial charge in [-0.15, -0.1) is 0 Å². The lowest BCUT2D eigenvalue weighted by Gasteiger charge is -2.33. The molecular weight excluding hydrogens is 402 g/mol. The molecule has 2 aromatic carbocycles. The number of rotatable bonds is 6. The van der Waals surface area contributed by atoms with E-state index in [2.05, 4.69) is 18.3 Å². The van der Waals surface area contributed by atoms with Crippen LogP contribution in [-0.4, -0.2) is 45.8 Å². The van der Waals surface area contributed by atoms with Crippen LogP contribution in [-0.2, 0) is 29.0 Å². The third-order valence-corrected chi connectivity index (χ3v) is 7.28. The molecule has 1 saturated heterocycles. The van der Waals surface area contributed by atoms with Crippen molar-refractivity contribution in [2.75, 3.05) is 6.54 Å². The number of hydrogen-bond acceptors (Lipinski definition) is 3. The minimum absolute atomic E-state index is 0.0824. The summed E-state index contributed by atoms with van der Waals surface area (Å²) < 4.78 is 0. The lowest BCUT2D eigenvalue weighted by Crippen LogP contribution is -2.52. The van der Waals surface area contributed by atoms with Gasteiger partial charge in [-0.05, 0) is 55.2 Å². The van der Waals surface area contributed by atoms with Gasteiger partial charge in [0.2, 0.25) is 5.91 Å². The van der Waals surface area contributed by atoms with Crippen LogP contribution in [0.2, 0.25) is 0 Å². The second kappa shape index (κ2) is 8.08. The number of carbonyl (C=O) groups is 3. The van der Waals surface area contributed by atoms with Crippen molar-refractivity contribution < 1.29 is 14.4 Å². The predicted octanol–water partition coefficient (Wildman–Crippen LogP) is 3.29. The van der Waals surface area contributed by atoms with E-state index in [4.69, 9.17) is 0 Å². The van der Waals surface area contributed by atoms with E-state index in [1.165, 1.54) is 5.56 Å². The Morgan fingerprint density at radius 1 is 1.09 bits per heavy atom. The van der Waals surface area contributed by atoms with Crippen molar-refractivity contribution in [3.8, 4) is 0 Å². The van der Waals surface area contributed by atoms with Gasteiger partial charge in [-0.2, -0.15) is 0 Å². The summed E-state index contributed by atoms with van der Waals surface area (Å²) in [6.45, 7) is 2.35. The van der Waals surface area contributed by atoms with E-state index in [-0.39, 0.29) is 24.4 Å². The molecule has 1 N–H and O–H groups in total. The average molecular weight is 432 g/mol. The molecule has 2 fully saturated rings. The third kappa shape index (κ3) is 3.78. The number of aryl methyl sites for hydroxylation is 1. The zero-order chi connectivity index (χ0) is 22.3. The smallest absolute Gasteiger partial charge is 0.325 e. The number of imide groups is 1. The van der Waals surface area contributed by atoms with Crippen molar-refractivity contribution in [3.63, 3.8) is 0 Å². The lowest BCUT2D eigenvalue weighted by molar-refractivity contribution is -0.141. The van der Waals surface area contributed by atoms with Gasteiger partial charge in [0, 0.05) is 19.0 Å². The first kappa shape index (κ1) is 20.7. The van der Waals surface area contributed by atoms with E-state index >= 15 is 0 Å². The molecular formula is C26H29N3O3. The minimum atomic E-state index is -0.932. The molecule has 4 amide bonds. The Balaban J connectivity index is 1.33. The number of fused-ring (bicyclic) bond motifs is 1. The molecule has 1 aliphatic heterocycles. The summed E-state index contributed by atoms with van der Waals surface area (Å²) in [6.07, 6.45) is 4.01. The fourth-order valence-electron chi connectivity index (χ4n) is 5.14. The first-order valence-electron chi connectivity index (χ1n) is 11.5. The normalized spacial score (nSPS) is 23.1. The molecule has 2 unspecified atom stereocenters. The molecule has 5 rings (SSSR count). The highest BCUT2D eigenvalue weighted by atomic mass is 16.2. The van der Waals surface area contributed by atoms with Crippen LogP contribution in [0.3, 0.4) is 0 Å². The topological polar surface area (TPSA) is 69.7 Å². The molecule has 3 aliphatic rings. The maximum absolute atomic E-state index is 13.4. The zero-order valence-corrected chi connectivity index (χ0v) is 18.4. The van der Waals surface area contributed by atoms with Gasteiger partial charge in [-0.25, -0.2) is 4.79 Å².